The van der Waals surface area contributed by atoms with Crippen molar-refractivity contribution in [1.29, 1.82) is 0 Å². The van der Waals surface area contributed by atoms with Gasteiger partial charge < -0.3 is 20.3 Å². The maximum absolute atomic E-state index is 13.7. The summed E-state index contributed by atoms with van der Waals surface area (Å²) in [5.74, 6) is -0.386. The Morgan fingerprint density at radius 1 is 0.795 bits per heavy atom. The zero-order valence-electron chi connectivity index (χ0n) is 24.5. The smallest absolute Gasteiger partial charge is 0.318 e. The molecule has 0 spiro atoms. The van der Waals surface area contributed by atoms with Crippen molar-refractivity contribution < 1.29 is 22.7 Å². The van der Waals surface area contributed by atoms with Crippen LogP contribution in [0.4, 0.5) is 4.79 Å². The predicted octanol–water partition coefficient (Wildman–Crippen LogP) is 3.89. The van der Waals surface area contributed by atoms with E-state index in [0.29, 0.717) is 39.1 Å². The number of rotatable bonds is 12. The molecule has 2 atom stereocenters. The normalized spacial score (nSPS) is 15.0. The summed E-state index contributed by atoms with van der Waals surface area (Å²) in [5, 5.41) is 7.98. The average molecular weight is 615 g/mol. The Kier molecular flexibility index (Phi) is 10.6. The maximum atomic E-state index is 13.7. The van der Waals surface area contributed by atoms with Crippen LogP contribution in [0.25, 0.3) is 10.8 Å². The second-order valence-electron chi connectivity index (χ2n) is 10.9. The van der Waals surface area contributed by atoms with Crippen molar-refractivity contribution in [3.05, 3.63) is 114 Å². The van der Waals surface area contributed by atoms with Crippen molar-refractivity contribution in [2.75, 3.05) is 32.8 Å². The molecular formula is C34H38N4O5S. The lowest BCUT2D eigenvalue weighted by atomic mass is 10.0. The van der Waals surface area contributed by atoms with Crippen molar-refractivity contribution in [1.82, 2.24) is 20.3 Å². The molecule has 10 heteroatoms. The van der Waals surface area contributed by atoms with Gasteiger partial charge in [-0.25, -0.2) is 17.9 Å². The van der Waals surface area contributed by atoms with Crippen LogP contribution in [0.2, 0.25) is 0 Å². The first kappa shape index (κ1) is 31.2. The minimum atomic E-state index is -3.82. The molecule has 5 rings (SSSR count). The second-order valence-corrected chi connectivity index (χ2v) is 12.6. The highest BCUT2D eigenvalue weighted by atomic mass is 32.2. The molecule has 1 heterocycles. The zero-order chi connectivity index (χ0) is 30.8. The molecule has 4 aromatic carbocycles. The number of benzene rings is 4. The van der Waals surface area contributed by atoms with Gasteiger partial charge in [0.2, 0.25) is 15.9 Å². The second kappa shape index (κ2) is 15.0. The third kappa shape index (κ3) is 8.66. The number of amides is 3. The van der Waals surface area contributed by atoms with Gasteiger partial charge in [-0.05, 0) is 46.9 Å². The third-order valence-corrected chi connectivity index (χ3v) is 9.22. The van der Waals surface area contributed by atoms with E-state index in [1.807, 2.05) is 72.8 Å². The van der Waals surface area contributed by atoms with E-state index < -0.39 is 22.1 Å². The van der Waals surface area contributed by atoms with E-state index in [-0.39, 0.29) is 29.8 Å². The molecule has 0 radical (unpaired) electrons. The van der Waals surface area contributed by atoms with Crippen LogP contribution in [0.15, 0.2) is 108 Å². The van der Waals surface area contributed by atoms with Gasteiger partial charge in [0.15, 0.2) is 0 Å². The van der Waals surface area contributed by atoms with E-state index in [9.17, 15) is 18.0 Å². The number of nitrogens with zero attached hydrogens (tertiary/aromatic N) is 1. The summed E-state index contributed by atoms with van der Waals surface area (Å²) in [5.41, 5.74) is 1.96. The van der Waals surface area contributed by atoms with E-state index in [1.165, 1.54) is 12.1 Å². The van der Waals surface area contributed by atoms with Crippen LogP contribution in [-0.4, -0.2) is 70.2 Å². The minimum Gasteiger partial charge on any atom is -0.378 e. The first-order valence-corrected chi connectivity index (χ1v) is 16.4. The Hall–Kier alpha value is -4.25. The highest BCUT2D eigenvalue weighted by Gasteiger charge is 2.27. The summed E-state index contributed by atoms with van der Waals surface area (Å²) in [4.78, 5) is 28.6. The van der Waals surface area contributed by atoms with E-state index >= 15 is 0 Å². The van der Waals surface area contributed by atoms with Gasteiger partial charge in [-0.3, -0.25) is 4.79 Å². The predicted molar refractivity (Wildman–Crippen MR) is 171 cm³/mol. The Bertz CT molecular complexity index is 1640. The Morgan fingerprint density at radius 3 is 2.18 bits per heavy atom. The molecule has 0 aromatic heterocycles. The number of hydrogen-bond donors (Lipinski definition) is 3. The lowest BCUT2D eigenvalue weighted by molar-refractivity contribution is -0.123. The Morgan fingerprint density at radius 2 is 1.45 bits per heavy atom. The molecule has 44 heavy (non-hydrogen) atoms. The molecule has 0 aliphatic carbocycles. The lowest BCUT2D eigenvalue weighted by Gasteiger charge is -2.29. The molecule has 3 amide bonds. The fourth-order valence-corrected chi connectivity index (χ4v) is 6.53. The summed E-state index contributed by atoms with van der Waals surface area (Å²) < 4.78 is 34.6. The molecule has 1 fully saturated rings. The fourth-order valence-electron chi connectivity index (χ4n) is 5.24. The third-order valence-electron chi connectivity index (χ3n) is 7.69. The van der Waals surface area contributed by atoms with Crippen LogP contribution in [0, 0.1) is 0 Å². The van der Waals surface area contributed by atoms with E-state index in [2.05, 4.69) is 15.4 Å². The van der Waals surface area contributed by atoms with Crippen molar-refractivity contribution in [2.45, 2.75) is 36.2 Å². The van der Waals surface area contributed by atoms with Gasteiger partial charge in [0.05, 0.1) is 18.1 Å². The highest BCUT2D eigenvalue weighted by molar-refractivity contribution is 7.89. The van der Waals surface area contributed by atoms with Gasteiger partial charge >= 0.3 is 6.03 Å². The van der Waals surface area contributed by atoms with E-state index in [4.69, 9.17) is 4.74 Å². The molecule has 230 valence electrons. The number of fused-ring (bicyclic) bond motifs is 1. The highest BCUT2D eigenvalue weighted by Crippen LogP contribution is 2.17. The van der Waals surface area contributed by atoms with Crippen LogP contribution in [0.3, 0.4) is 0 Å². The quantitative estimate of drug-likeness (QED) is 0.224. The van der Waals surface area contributed by atoms with Gasteiger partial charge in [0.1, 0.15) is 6.04 Å². The number of sulfonamides is 1. The van der Waals surface area contributed by atoms with Gasteiger partial charge in [0.25, 0.3) is 0 Å². The molecule has 1 aliphatic heterocycles. The summed E-state index contributed by atoms with van der Waals surface area (Å²) in [6, 6.07) is 30.1. The fraction of sp³-hybridized carbons (Fsp3) is 0.294. The number of carbonyl (C=O) groups excluding carboxylic acids is 2. The first-order valence-electron chi connectivity index (χ1n) is 14.9. The van der Waals surface area contributed by atoms with Crippen LogP contribution in [0.1, 0.15) is 17.5 Å². The van der Waals surface area contributed by atoms with Gasteiger partial charge in [0, 0.05) is 32.1 Å². The molecule has 1 unspecified atom stereocenters. The molecule has 0 bridgehead atoms. The average Bonchev–Trinajstić information content (AvgIpc) is 3.06. The van der Waals surface area contributed by atoms with Crippen LogP contribution in [-0.2, 0) is 32.4 Å². The topological polar surface area (TPSA) is 117 Å². The number of urea groups is 1. The Labute approximate surface area is 258 Å². The van der Waals surface area contributed by atoms with Crippen molar-refractivity contribution in [3.8, 4) is 0 Å². The van der Waals surface area contributed by atoms with Crippen LogP contribution in [0.5, 0.6) is 0 Å². The number of hydrogen-bond acceptors (Lipinski definition) is 5. The molecular weight excluding hydrogens is 576 g/mol. The first-order chi connectivity index (χ1) is 21.4. The minimum absolute atomic E-state index is 0.0549. The molecule has 4 aromatic rings. The monoisotopic (exact) mass is 614 g/mol. The van der Waals surface area contributed by atoms with Crippen molar-refractivity contribution >= 4 is 32.7 Å². The SMILES string of the molecule is O=C(NCC(CCc1ccccc1)NS(=O)(=O)c1ccccc1)[C@H](Cc1ccc2ccccc2c1)NC(=O)N1CCOCC1. The molecule has 1 aliphatic rings. The van der Waals surface area contributed by atoms with Gasteiger partial charge in [-0.15, -0.1) is 0 Å². The zero-order valence-corrected chi connectivity index (χ0v) is 25.3. The molecule has 3 N–H and O–H groups in total. The standard InChI is InChI=1S/C34H38N4O5S/c39-33(35-25-30(18-16-26-9-3-1-4-10-26)37-44(41,42)31-13-5-2-6-14-31)32(36-34(40)38-19-21-43-22-20-38)24-27-15-17-28-11-7-8-12-29(28)23-27/h1-15,17,23,30,32,37H,16,18-22,24-25H2,(H,35,39)(H,36,40)/t30?,32-/m0/s1. The molecule has 1 saturated heterocycles. The summed E-state index contributed by atoms with van der Waals surface area (Å²) in [7, 11) is -3.82. The number of nitrogens with one attached hydrogen (secondary N) is 3. The number of aryl methyl sites for hydroxylation is 1. The number of ether oxygens (including phenoxy) is 1. The number of morpholine rings is 1. The van der Waals surface area contributed by atoms with Crippen LogP contribution >= 0.6 is 0 Å². The van der Waals surface area contributed by atoms with Crippen molar-refractivity contribution in [3.63, 3.8) is 0 Å². The molecule has 9 nitrogen and oxygen atoms in total. The van der Waals surface area contributed by atoms with E-state index in [1.54, 1.807) is 23.1 Å². The molecule has 0 saturated carbocycles. The maximum Gasteiger partial charge on any atom is 0.318 e. The van der Waals surface area contributed by atoms with Gasteiger partial charge in [-0.1, -0.05) is 91.0 Å². The van der Waals surface area contributed by atoms with Crippen LogP contribution < -0.4 is 15.4 Å². The lowest BCUT2D eigenvalue weighted by Crippen LogP contribution is -2.55. The summed E-state index contributed by atoms with van der Waals surface area (Å²) in [6.07, 6.45) is 1.36. The summed E-state index contributed by atoms with van der Waals surface area (Å²) >= 11 is 0. The Balaban J connectivity index is 1.32. The van der Waals surface area contributed by atoms with Gasteiger partial charge in [-0.2, -0.15) is 0 Å². The number of carbonyl (C=O) groups is 2. The largest absolute Gasteiger partial charge is 0.378 e. The van der Waals surface area contributed by atoms with Crippen molar-refractivity contribution in [2.24, 2.45) is 0 Å². The summed E-state index contributed by atoms with van der Waals surface area (Å²) in [6.45, 7) is 1.83. The van der Waals surface area contributed by atoms with E-state index in [0.717, 1.165) is 21.9 Å².